The van der Waals surface area contributed by atoms with Crippen molar-refractivity contribution in [2.45, 2.75) is 31.2 Å². The maximum absolute atomic E-state index is 13.1. The van der Waals surface area contributed by atoms with Gasteiger partial charge in [0.05, 0.1) is 7.11 Å². The highest BCUT2D eigenvalue weighted by molar-refractivity contribution is 7.89. The molecular formula is C19H26N4O4S2. The Hall–Kier alpha value is -2.17. The number of anilines is 1. The molecule has 1 aliphatic rings. The predicted molar refractivity (Wildman–Crippen MR) is 113 cm³/mol. The summed E-state index contributed by atoms with van der Waals surface area (Å²) in [6, 6.07) is 4.27. The van der Waals surface area contributed by atoms with Gasteiger partial charge in [-0.2, -0.15) is 0 Å². The Kier molecular flexibility index (Phi) is 6.76. The highest BCUT2D eigenvalue weighted by Gasteiger charge is 2.25. The van der Waals surface area contributed by atoms with Crippen molar-refractivity contribution in [3.05, 3.63) is 35.3 Å². The Balaban J connectivity index is 1.81. The van der Waals surface area contributed by atoms with E-state index in [1.807, 2.05) is 5.38 Å². The second kappa shape index (κ2) is 9.10. The monoisotopic (exact) mass is 438 g/mol. The predicted octanol–water partition coefficient (Wildman–Crippen LogP) is 2.19. The van der Waals surface area contributed by atoms with Crippen LogP contribution >= 0.6 is 11.3 Å². The molecular weight excluding hydrogens is 412 g/mol. The van der Waals surface area contributed by atoms with Gasteiger partial charge >= 0.3 is 0 Å². The Morgan fingerprint density at radius 1 is 1.24 bits per heavy atom. The molecule has 0 radical (unpaired) electrons. The fourth-order valence-corrected chi connectivity index (χ4v) is 5.40. The summed E-state index contributed by atoms with van der Waals surface area (Å²) < 4.78 is 33.1. The van der Waals surface area contributed by atoms with E-state index in [0.717, 1.165) is 18.1 Å². The highest BCUT2D eigenvalue weighted by atomic mass is 32.2. The second-order valence-corrected chi connectivity index (χ2v) is 9.64. The van der Waals surface area contributed by atoms with Gasteiger partial charge < -0.3 is 14.5 Å². The van der Waals surface area contributed by atoms with Crippen molar-refractivity contribution in [3.63, 3.8) is 0 Å². The summed E-state index contributed by atoms with van der Waals surface area (Å²) in [6.07, 6.45) is 2.60. The number of nitrogens with zero attached hydrogens (tertiary/aromatic N) is 3. The van der Waals surface area contributed by atoms with Gasteiger partial charge in [0.1, 0.15) is 10.6 Å². The molecule has 1 amide bonds. The van der Waals surface area contributed by atoms with Crippen LogP contribution < -0.4 is 14.4 Å². The highest BCUT2D eigenvalue weighted by Crippen LogP contribution is 2.26. The fourth-order valence-electron chi connectivity index (χ4n) is 3.26. The normalized spacial score (nSPS) is 15.4. The van der Waals surface area contributed by atoms with Crippen LogP contribution in [0.15, 0.2) is 34.7 Å². The first-order chi connectivity index (χ1) is 13.8. The quantitative estimate of drug-likeness (QED) is 0.743. The first-order valence-electron chi connectivity index (χ1n) is 9.46. The maximum Gasteiger partial charge on any atom is 0.253 e. The molecule has 2 aromatic rings. The third-order valence-electron chi connectivity index (χ3n) is 4.56. The van der Waals surface area contributed by atoms with Gasteiger partial charge in [-0.3, -0.25) is 4.79 Å². The number of hydrogen-bond acceptors (Lipinski definition) is 7. The van der Waals surface area contributed by atoms with Crippen LogP contribution in [-0.4, -0.2) is 63.5 Å². The lowest BCUT2D eigenvalue weighted by Crippen LogP contribution is -2.35. The van der Waals surface area contributed by atoms with Gasteiger partial charge in [-0.15, -0.1) is 11.3 Å². The molecule has 0 unspecified atom stereocenters. The van der Waals surface area contributed by atoms with Gasteiger partial charge in [-0.1, -0.05) is 0 Å². The van der Waals surface area contributed by atoms with Crippen LogP contribution in [0.1, 0.15) is 30.6 Å². The summed E-state index contributed by atoms with van der Waals surface area (Å²) in [5, 5.41) is 2.89. The van der Waals surface area contributed by atoms with Crippen LogP contribution in [0.3, 0.4) is 0 Å². The molecule has 0 bridgehead atoms. The zero-order chi connectivity index (χ0) is 21.0. The lowest BCUT2D eigenvalue weighted by Gasteiger charge is -2.22. The molecule has 0 atom stereocenters. The van der Waals surface area contributed by atoms with Gasteiger partial charge in [0.15, 0.2) is 5.13 Å². The van der Waals surface area contributed by atoms with Crippen LogP contribution in [0.25, 0.3) is 0 Å². The topological polar surface area (TPSA) is 91.8 Å². The Morgan fingerprint density at radius 3 is 2.69 bits per heavy atom. The van der Waals surface area contributed by atoms with Crippen molar-refractivity contribution in [3.8, 4) is 5.75 Å². The number of amides is 1. The molecule has 29 heavy (non-hydrogen) atoms. The Morgan fingerprint density at radius 2 is 2.03 bits per heavy atom. The molecule has 2 heterocycles. The molecule has 1 aromatic heterocycles. The van der Waals surface area contributed by atoms with E-state index in [1.54, 1.807) is 42.3 Å². The standard InChI is InChI=1S/C19H26N4O4S2/c1-14(2)21-29(25,26)17-13-15(5-6-16(17)27-3)18(24)22-8-4-9-23(11-10-22)19-20-7-12-28-19/h5-7,12-14,21H,4,8-11H2,1-3H3. The van der Waals surface area contributed by atoms with Crippen molar-refractivity contribution >= 4 is 32.4 Å². The lowest BCUT2D eigenvalue weighted by molar-refractivity contribution is 0.0766. The number of methoxy groups -OCH3 is 1. The fraction of sp³-hybridized carbons (Fsp3) is 0.474. The average Bonchev–Trinajstić information content (AvgIpc) is 3.10. The number of ether oxygens (including phenoxy) is 1. The van der Waals surface area contributed by atoms with E-state index in [9.17, 15) is 13.2 Å². The minimum Gasteiger partial charge on any atom is -0.495 e. The number of sulfonamides is 1. The summed E-state index contributed by atoms with van der Waals surface area (Å²) in [5.74, 6) is 0.0233. The van der Waals surface area contributed by atoms with E-state index in [2.05, 4.69) is 14.6 Å². The molecule has 1 saturated heterocycles. The molecule has 1 aliphatic heterocycles. The molecule has 3 rings (SSSR count). The van der Waals surface area contributed by atoms with Gasteiger partial charge in [-0.25, -0.2) is 18.1 Å². The molecule has 10 heteroatoms. The van der Waals surface area contributed by atoms with E-state index in [1.165, 1.54) is 19.2 Å². The van der Waals surface area contributed by atoms with Gasteiger partial charge in [0, 0.05) is 49.4 Å². The van der Waals surface area contributed by atoms with Gasteiger partial charge in [0.2, 0.25) is 10.0 Å². The number of benzene rings is 1. The molecule has 1 fully saturated rings. The summed E-state index contributed by atoms with van der Waals surface area (Å²) in [4.78, 5) is 21.3. The minimum absolute atomic E-state index is 0.0289. The van der Waals surface area contributed by atoms with Gasteiger partial charge in [0.25, 0.3) is 5.91 Å². The summed E-state index contributed by atoms with van der Waals surface area (Å²) >= 11 is 1.58. The van der Waals surface area contributed by atoms with E-state index >= 15 is 0 Å². The first kappa shape index (κ1) is 21.5. The number of carbonyl (C=O) groups is 1. The van der Waals surface area contributed by atoms with Crippen LogP contribution in [0, 0.1) is 0 Å². The first-order valence-corrected chi connectivity index (χ1v) is 11.8. The molecule has 8 nitrogen and oxygen atoms in total. The van der Waals surface area contributed by atoms with Crippen molar-refractivity contribution < 1.29 is 17.9 Å². The number of carbonyl (C=O) groups excluding carboxylic acids is 1. The van der Waals surface area contributed by atoms with Crippen molar-refractivity contribution in [2.75, 3.05) is 38.2 Å². The third kappa shape index (κ3) is 5.06. The van der Waals surface area contributed by atoms with Crippen LogP contribution in [0.2, 0.25) is 0 Å². The maximum atomic E-state index is 13.1. The van der Waals surface area contributed by atoms with E-state index in [-0.39, 0.29) is 22.6 Å². The van der Waals surface area contributed by atoms with Crippen LogP contribution in [-0.2, 0) is 10.0 Å². The molecule has 0 spiro atoms. The van der Waals surface area contributed by atoms with Crippen molar-refractivity contribution in [1.82, 2.24) is 14.6 Å². The number of nitrogens with one attached hydrogen (secondary N) is 1. The Labute approximate surface area is 175 Å². The number of thiazole rings is 1. The zero-order valence-electron chi connectivity index (χ0n) is 16.8. The van der Waals surface area contributed by atoms with Crippen LogP contribution in [0.4, 0.5) is 5.13 Å². The SMILES string of the molecule is COc1ccc(C(=O)N2CCCN(c3nccs3)CC2)cc1S(=O)(=O)NC(C)C. The van der Waals surface area contributed by atoms with Crippen molar-refractivity contribution in [1.29, 1.82) is 0 Å². The lowest BCUT2D eigenvalue weighted by atomic mass is 10.2. The number of hydrogen-bond donors (Lipinski definition) is 1. The minimum atomic E-state index is -3.80. The van der Waals surface area contributed by atoms with E-state index in [0.29, 0.717) is 25.2 Å². The average molecular weight is 439 g/mol. The van der Waals surface area contributed by atoms with E-state index in [4.69, 9.17) is 4.74 Å². The van der Waals surface area contributed by atoms with Crippen molar-refractivity contribution in [2.24, 2.45) is 0 Å². The second-order valence-electron chi connectivity index (χ2n) is 7.09. The summed E-state index contributed by atoms with van der Waals surface area (Å²) in [6.45, 7) is 6.16. The molecule has 1 aromatic carbocycles. The van der Waals surface area contributed by atoms with Gasteiger partial charge in [-0.05, 0) is 38.5 Å². The summed E-state index contributed by atoms with van der Waals surface area (Å²) in [7, 11) is -2.39. The van der Waals surface area contributed by atoms with E-state index < -0.39 is 10.0 Å². The smallest absolute Gasteiger partial charge is 0.253 e. The molecule has 1 N–H and O–H groups in total. The zero-order valence-corrected chi connectivity index (χ0v) is 18.4. The summed E-state index contributed by atoms with van der Waals surface area (Å²) in [5.41, 5.74) is 0.331. The Bertz CT molecular complexity index is 945. The largest absolute Gasteiger partial charge is 0.495 e. The molecule has 0 aliphatic carbocycles. The number of rotatable bonds is 6. The third-order valence-corrected chi connectivity index (χ3v) is 7.08. The van der Waals surface area contributed by atoms with Crippen LogP contribution in [0.5, 0.6) is 5.75 Å². The molecule has 0 saturated carbocycles. The molecule has 158 valence electrons. The number of aromatic nitrogens is 1.